The van der Waals surface area contributed by atoms with Gasteiger partial charge in [0.1, 0.15) is 5.82 Å². The largest absolute Gasteiger partial charge is 0.356 e. The van der Waals surface area contributed by atoms with Crippen LogP contribution < -0.4 is 10.6 Å². The minimum absolute atomic E-state index is 0.192. The molecule has 2 rings (SSSR count). The van der Waals surface area contributed by atoms with Crippen molar-refractivity contribution in [3.63, 3.8) is 0 Å². The van der Waals surface area contributed by atoms with Crippen LogP contribution in [0.1, 0.15) is 19.4 Å². The molecule has 146 valence electrons. The number of likely N-dealkylation sites (N-methyl/N-ethyl adjacent to an activating group) is 1. The highest BCUT2D eigenvalue weighted by atomic mass is 19.1. The topological polar surface area (TPSA) is 42.9 Å². The molecule has 26 heavy (non-hydrogen) atoms. The first kappa shape index (κ1) is 20.6. The summed E-state index contributed by atoms with van der Waals surface area (Å²) in [7, 11) is 3.99. The Bertz CT molecular complexity index is 550. The number of piperazine rings is 1. The molecular weight excluding hydrogens is 329 g/mol. The van der Waals surface area contributed by atoms with Crippen LogP contribution >= 0.6 is 0 Å². The van der Waals surface area contributed by atoms with Gasteiger partial charge in [0.25, 0.3) is 0 Å². The molecule has 1 atom stereocenters. The summed E-state index contributed by atoms with van der Waals surface area (Å²) in [5.41, 5.74) is 1.12. The van der Waals surface area contributed by atoms with Crippen molar-refractivity contribution in [2.24, 2.45) is 10.9 Å². The molecule has 1 aromatic rings. The van der Waals surface area contributed by atoms with E-state index in [-0.39, 0.29) is 5.82 Å². The van der Waals surface area contributed by atoms with Gasteiger partial charge in [-0.15, -0.1) is 0 Å². The van der Waals surface area contributed by atoms with E-state index in [4.69, 9.17) is 0 Å². The molecule has 0 bridgehead atoms. The van der Waals surface area contributed by atoms with Gasteiger partial charge in [-0.1, -0.05) is 26.0 Å². The van der Waals surface area contributed by atoms with E-state index in [1.54, 1.807) is 7.05 Å². The van der Waals surface area contributed by atoms with Crippen molar-refractivity contribution in [2.45, 2.75) is 26.3 Å². The number of guanidine groups is 1. The number of hydrogen-bond acceptors (Lipinski definition) is 3. The average Bonchev–Trinajstić information content (AvgIpc) is 2.63. The molecule has 1 unspecified atom stereocenters. The van der Waals surface area contributed by atoms with Gasteiger partial charge >= 0.3 is 0 Å². The molecule has 1 aliphatic rings. The van der Waals surface area contributed by atoms with Crippen LogP contribution in [0.15, 0.2) is 29.3 Å². The minimum atomic E-state index is -0.192. The quantitative estimate of drug-likeness (QED) is 0.573. The van der Waals surface area contributed by atoms with Crippen LogP contribution in [0.25, 0.3) is 0 Å². The Kier molecular flexibility index (Phi) is 8.32. The van der Waals surface area contributed by atoms with Crippen molar-refractivity contribution >= 4 is 5.96 Å². The van der Waals surface area contributed by atoms with E-state index in [0.717, 1.165) is 57.2 Å². The van der Waals surface area contributed by atoms with Crippen molar-refractivity contribution in [2.75, 3.05) is 53.4 Å². The fraction of sp³-hybridized carbons (Fsp3) is 0.650. The zero-order valence-electron chi connectivity index (χ0n) is 16.6. The molecule has 2 N–H and O–H groups in total. The third-order valence-corrected chi connectivity index (χ3v) is 5.10. The number of hydrogen-bond donors (Lipinski definition) is 2. The van der Waals surface area contributed by atoms with Gasteiger partial charge in [-0.05, 0) is 37.1 Å². The first-order valence-electron chi connectivity index (χ1n) is 9.61. The van der Waals surface area contributed by atoms with Crippen LogP contribution in [0, 0.1) is 11.7 Å². The van der Waals surface area contributed by atoms with Crippen molar-refractivity contribution in [1.29, 1.82) is 0 Å². The van der Waals surface area contributed by atoms with E-state index in [9.17, 15) is 4.39 Å². The summed E-state index contributed by atoms with van der Waals surface area (Å²) >= 11 is 0. The molecule has 6 heteroatoms. The summed E-state index contributed by atoms with van der Waals surface area (Å²) in [6, 6.07) is 7.17. The van der Waals surface area contributed by atoms with Crippen molar-refractivity contribution in [3.8, 4) is 0 Å². The number of benzene rings is 1. The fourth-order valence-electron chi connectivity index (χ4n) is 3.34. The van der Waals surface area contributed by atoms with Crippen LogP contribution in [0.2, 0.25) is 0 Å². The van der Waals surface area contributed by atoms with Gasteiger partial charge < -0.3 is 15.5 Å². The van der Waals surface area contributed by atoms with Gasteiger partial charge in [0, 0.05) is 52.4 Å². The van der Waals surface area contributed by atoms with Crippen molar-refractivity contribution < 1.29 is 4.39 Å². The van der Waals surface area contributed by atoms with Crippen LogP contribution in [0.3, 0.4) is 0 Å². The number of rotatable bonds is 7. The van der Waals surface area contributed by atoms with Crippen molar-refractivity contribution in [3.05, 3.63) is 35.6 Å². The Balaban J connectivity index is 1.77. The Morgan fingerprint density at radius 3 is 2.35 bits per heavy atom. The molecule has 0 amide bonds. The summed E-state index contributed by atoms with van der Waals surface area (Å²) in [6.45, 7) is 10.7. The highest BCUT2D eigenvalue weighted by Crippen LogP contribution is 2.12. The SMILES string of the molecule is CN=C(NCCc1ccc(F)cc1)NCC(C(C)C)N1CCN(C)CC1. The van der Waals surface area contributed by atoms with Crippen molar-refractivity contribution in [1.82, 2.24) is 20.4 Å². The predicted octanol–water partition coefficient (Wildman–Crippen LogP) is 1.81. The van der Waals surface area contributed by atoms with E-state index < -0.39 is 0 Å². The molecule has 1 fully saturated rings. The van der Waals surface area contributed by atoms with Crippen LogP contribution in [-0.4, -0.2) is 75.2 Å². The van der Waals surface area contributed by atoms with E-state index in [1.807, 2.05) is 12.1 Å². The second-order valence-electron chi connectivity index (χ2n) is 7.41. The van der Waals surface area contributed by atoms with E-state index in [2.05, 4.69) is 46.3 Å². The maximum Gasteiger partial charge on any atom is 0.191 e. The minimum Gasteiger partial charge on any atom is -0.356 e. The molecule has 0 radical (unpaired) electrons. The molecule has 1 saturated heterocycles. The Morgan fingerprint density at radius 2 is 1.77 bits per heavy atom. The second-order valence-corrected chi connectivity index (χ2v) is 7.41. The molecule has 1 heterocycles. The Labute approximate surface area is 157 Å². The molecule has 0 aliphatic carbocycles. The van der Waals surface area contributed by atoms with Gasteiger partial charge in [-0.3, -0.25) is 9.89 Å². The maximum atomic E-state index is 13.0. The first-order valence-corrected chi connectivity index (χ1v) is 9.61. The lowest BCUT2D eigenvalue weighted by Gasteiger charge is -2.40. The standard InChI is InChI=1S/C20H34FN5/c1-16(2)19(26-13-11-25(4)12-14-26)15-24-20(22-3)23-10-9-17-5-7-18(21)8-6-17/h5-8,16,19H,9-15H2,1-4H3,(H2,22,23,24). The third-order valence-electron chi connectivity index (χ3n) is 5.10. The van der Waals surface area contributed by atoms with Gasteiger partial charge in [-0.2, -0.15) is 0 Å². The molecule has 1 aliphatic heterocycles. The highest BCUT2D eigenvalue weighted by molar-refractivity contribution is 5.79. The lowest BCUT2D eigenvalue weighted by atomic mass is 10.0. The van der Waals surface area contributed by atoms with E-state index in [1.165, 1.54) is 12.1 Å². The molecule has 1 aromatic carbocycles. The smallest absolute Gasteiger partial charge is 0.191 e. The average molecular weight is 364 g/mol. The highest BCUT2D eigenvalue weighted by Gasteiger charge is 2.24. The summed E-state index contributed by atoms with van der Waals surface area (Å²) in [5, 5.41) is 6.83. The summed E-state index contributed by atoms with van der Waals surface area (Å²) in [5.74, 6) is 1.22. The third kappa shape index (κ3) is 6.57. The number of nitrogens with one attached hydrogen (secondary N) is 2. The number of halogens is 1. The first-order chi connectivity index (χ1) is 12.5. The van der Waals surface area contributed by atoms with Crippen LogP contribution in [-0.2, 0) is 6.42 Å². The Morgan fingerprint density at radius 1 is 1.12 bits per heavy atom. The van der Waals surface area contributed by atoms with Gasteiger partial charge in [-0.25, -0.2) is 4.39 Å². The number of aliphatic imine (C=N–C) groups is 1. The molecule has 5 nitrogen and oxygen atoms in total. The molecule has 0 aromatic heterocycles. The Hall–Kier alpha value is -1.66. The van der Waals surface area contributed by atoms with E-state index in [0.29, 0.717) is 12.0 Å². The van der Waals surface area contributed by atoms with E-state index >= 15 is 0 Å². The lowest BCUT2D eigenvalue weighted by molar-refractivity contribution is 0.0900. The lowest BCUT2D eigenvalue weighted by Crippen LogP contribution is -2.55. The summed E-state index contributed by atoms with van der Waals surface area (Å²) in [4.78, 5) is 9.30. The summed E-state index contributed by atoms with van der Waals surface area (Å²) in [6.07, 6.45) is 0.840. The zero-order valence-corrected chi connectivity index (χ0v) is 16.6. The van der Waals surface area contributed by atoms with Crippen LogP contribution in [0.4, 0.5) is 4.39 Å². The van der Waals surface area contributed by atoms with Crippen LogP contribution in [0.5, 0.6) is 0 Å². The molecule has 0 spiro atoms. The zero-order chi connectivity index (χ0) is 18.9. The molecule has 0 saturated carbocycles. The van der Waals surface area contributed by atoms with Gasteiger partial charge in [0.15, 0.2) is 5.96 Å². The normalized spacial score (nSPS) is 18.2. The van der Waals surface area contributed by atoms with Gasteiger partial charge in [0.2, 0.25) is 0 Å². The molecular formula is C20H34FN5. The summed E-state index contributed by atoms with van der Waals surface area (Å²) < 4.78 is 13.0. The second kappa shape index (κ2) is 10.5. The predicted molar refractivity (Wildman–Crippen MR) is 107 cm³/mol. The maximum absolute atomic E-state index is 13.0. The van der Waals surface area contributed by atoms with Gasteiger partial charge in [0.05, 0.1) is 0 Å². The monoisotopic (exact) mass is 363 g/mol. The number of nitrogens with zero attached hydrogens (tertiary/aromatic N) is 3. The fourth-order valence-corrected chi connectivity index (χ4v) is 3.34.